The minimum Gasteiger partial charge on any atom is -0.368 e. The molecule has 0 bridgehead atoms. The summed E-state index contributed by atoms with van der Waals surface area (Å²) < 4.78 is 55.8. The van der Waals surface area contributed by atoms with Crippen molar-refractivity contribution in [3.05, 3.63) is 33.3 Å². The average Bonchev–Trinajstić information content (AvgIpc) is 2.96. The number of halogens is 5. The lowest BCUT2D eigenvalue weighted by Crippen LogP contribution is -2.03. The Bertz CT molecular complexity index is 374. The number of ether oxygens (including phenoxy) is 1. The molecular weight excluding hydrogens is 268 g/mol. The van der Waals surface area contributed by atoms with Crippen molar-refractivity contribution in [2.24, 2.45) is 0 Å². The van der Waals surface area contributed by atoms with Gasteiger partial charge in [-0.15, -0.1) is 0 Å². The zero-order chi connectivity index (χ0) is 10.5. The molecule has 1 atom stereocenters. The van der Waals surface area contributed by atoms with E-state index in [1.807, 2.05) is 0 Å². The predicted molar refractivity (Wildman–Crippen MR) is 42.7 cm³/mol. The van der Waals surface area contributed by atoms with Crippen LogP contribution in [0.5, 0.6) is 0 Å². The van der Waals surface area contributed by atoms with E-state index in [2.05, 4.69) is 20.7 Å². The van der Waals surface area contributed by atoms with E-state index in [1.54, 1.807) is 0 Å². The number of rotatable bonds is 1. The Kier molecular flexibility index (Phi) is 2.27. The minimum atomic E-state index is -1.44. The van der Waals surface area contributed by atoms with E-state index < -0.39 is 39.4 Å². The van der Waals surface area contributed by atoms with Crippen LogP contribution in [0.1, 0.15) is 11.7 Å². The third-order valence-electron chi connectivity index (χ3n) is 1.90. The maximum Gasteiger partial charge on any atom is 0.176 e. The van der Waals surface area contributed by atoms with Crippen LogP contribution < -0.4 is 0 Å². The average molecular weight is 271 g/mol. The number of epoxide rings is 1. The van der Waals surface area contributed by atoms with Gasteiger partial charge in [0, 0.05) is 0 Å². The first kappa shape index (κ1) is 9.92. The number of hydrogen-bond acceptors (Lipinski definition) is 1. The smallest absolute Gasteiger partial charge is 0.176 e. The molecule has 0 saturated carbocycles. The fourth-order valence-corrected chi connectivity index (χ4v) is 1.47. The van der Waals surface area contributed by atoms with Crippen LogP contribution in [0.2, 0.25) is 0 Å². The van der Waals surface area contributed by atoms with Gasteiger partial charge in [0.25, 0.3) is 0 Å². The summed E-state index contributed by atoms with van der Waals surface area (Å²) in [4.78, 5) is 0. The molecule has 0 spiro atoms. The van der Waals surface area contributed by atoms with Crippen LogP contribution in [0.3, 0.4) is 0 Å². The zero-order valence-corrected chi connectivity index (χ0v) is 8.17. The molecule has 1 aromatic rings. The summed E-state index contributed by atoms with van der Waals surface area (Å²) in [5, 5.41) is 0. The van der Waals surface area contributed by atoms with Crippen molar-refractivity contribution < 1.29 is 22.3 Å². The quantitative estimate of drug-likeness (QED) is 0.331. The van der Waals surface area contributed by atoms with E-state index in [-0.39, 0.29) is 6.61 Å². The number of benzene rings is 1. The van der Waals surface area contributed by atoms with Gasteiger partial charge >= 0.3 is 0 Å². The Morgan fingerprint density at radius 1 is 1.00 bits per heavy atom. The molecule has 1 unspecified atom stereocenters. The highest BCUT2D eigenvalue weighted by Crippen LogP contribution is 2.38. The van der Waals surface area contributed by atoms with Crippen LogP contribution in [0.25, 0.3) is 0 Å². The summed E-state index contributed by atoms with van der Waals surface area (Å²) in [7, 11) is 0. The van der Waals surface area contributed by atoms with Crippen molar-refractivity contribution in [2.75, 3.05) is 6.61 Å². The number of hydrogen-bond donors (Lipinski definition) is 0. The Morgan fingerprint density at radius 3 is 1.79 bits per heavy atom. The Labute approximate surface area is 84.8 Å². The van der Waals surface area contributed by atoms with Gasteiger partial charge in [-0.3, -0.25) is 0 Å². The summed E-state index contributed by atoms with van der Waals surface area (Å²) in [6, 6.07) is 0. The van der Waals surface area contributed by atoms with Gasteiger partial charge in [-0.2, -0.15) is 0 Å². The van der Waals surface area contributed by atoms with Crippen LogP contribution in [0.15, 0.2) is 4.47 Å². The molecule has 0 aliphatic carbocycles. The summed E-state index contributed by atoms with van der Waals surface area (Å²) in [5.41, 5.74) is -0.678. The first-order valence-corrected chi connectivity index (χ1v) is 4.46. The van der Waals surface area contributed by atoms with Gasteiger partial charge in [-0.1, -0.05) is 0 Å². The molecule has 0 amide bonds. The van der Waals surface area contributed by atoms with Gasteiger partial charge in [-0.05, 0) is 15.9 Å². The molecule has 6 heteroatoms. The van der Waals surface area contributed by atoms with E-state index in [1.165, 1.54) is 0 Å². The minimum absolute atomic E-state index is 0.0777. The fourth-order valence-electron chi connectivity index (χ4n) is 1.12. The third kappa shape index (κ3) is 1.33. The first-order chi connectivity index (χ1) is 6.54. The summed E-state index contributed by atoms with van der Waals surface area (Å²) in [5.74, 6) is -5.68. The van der Waals surface area contributed by atoms with E-state index in [4.69, 9.17) is 0 Å². The Balaban J connectivity index is 2.69. The summed E-state index contributed by atoms with van der Waals surface area (Å²) in [6.07, 6.45) is -0.868. The lowest BCUT2D eigenvalue weighted by molar-refractivity contribution is 0.375. The second kappa shape index (κ2) is 3.20. The Hall–Kier alpha value is -0.620. The second-order valence-corrected chi connectivity index (χ2v) is 3.60. The van der Waals surface area contributed by atoms with Gasteiger partial charge < -0.3 is 4.74 Å². The molecule has 0 radical (unpaired) electrons. The molecular formula is C8H3BrF4O. The summed E-state index contributed by atoms with van der Waals surface area (Å²) >= 11 is 2.41. The fraction of sp³-hybridized carbons (Fsp3) is 0.250. The molecule has 0 aromatic heterocycles. The topological polar surface area (TPSA) is 12.5 Å². The highest BCUT2D eigenvalue weighted by Gasteiger charge is 2.36. The van der Waals surface area contributed by atoms with E-state index in [0.717, 1.165) is 0 Å². The van der Waals surface area contributed by atoms with Gasteiger partial charge in [-0.25, -0.2) is 17.6 Å². The molecule has 1 aliphatic heterocycles. The van der Waals surface area contributed by atoms with Crippen molar-refractivity contribution in [1.82, 2.24) is 0 Å². The molecule has 1 heterocycles. The molecule has 1 nitrogen and oxygen atoms in total. The summed E-state index contributed by atoms with van der Waals surface area (Å²) in [6.45, 7) is 0.0777. The SMILES string of the molecule is Fc1c(F)c(C2CO2)c(F)c(F)c1Br. The van der Waals surface area contributed by atoms with Gasteiger partial charge in [0.2, 0.25) is 0 Å². The molecule has 1 fully saturated rings. The maximum atomic E-state index is 13.1. The van der Waals surface area contributed by atoms with Crippen LogP contribution in [0, 0.1) is 23.3 Å². The van der Waals surface area contributed by atoms with Crippen molar-refractivity contribution in [2.45, 2.75) is 6.10 Å². The molecule has 76 valence electrons. The predicted octanol–water partition coefficient (Wildman–Crippen LogP) is 3.08. The molecule has 1 saturated heterocycles. The monoisotopic (exact) mass is 270 g/mol. The van der Waals surface area contributed by atoms with Crippen molar-refractivity contribution in [3.8, 4) is 0 Å². The molecule has 2 rings (SSSR count). The Morgan fingerprint density at radius 2 is 1.43 bits per heavy atom. The third-order valence-corrected chi connectivity index (χ3v) is 2.60. The van der Waals surface area contributed by atoms with Crippen molar-refractivity contribution in [3.63, 3.8) is 0 Å². The molecule has 0 N–H and O–H groups in total. The maximum absolute atomic E-state index is 13.1. The first-order valence-electron chi connectivity index (χ1n) is 3.67. The highest BCUT2D eigenvalue weighted by molar-refractivity contribution is 9.10. The second-order valence-electron chi connectivity index (χ2n) is 2.81. The normalized spacial score (nSPS) is 19.9. The molecule has 1 aliphatic rings. The lowest BCUT2D eigenvalue weighted by atomic mass is 10.1. The van der Waals surface area contributed by atoms with E-state index in [0.29, 0.717) is 0 Å². The van der Waals surface area contributed by atoms with Crippen LogP contribution in [-0.4, -0.2) is 6.61 Å². The van der Waals surface area contributed by atoms with E-state index >= 15 is 0 Å². The standard InChI is InChI=1S/C8H3BrF4O/c9-4-7(12)5(10)3(2-1-14-2)6(11)8(4)13/h2H,1H2. The van der Waals surface area contributed by atoms with Crippen LogP contribution in [0.4, 0.5) is 17.6 Å². The van der Waals surface area contributed by atoms with Gasteiger partial charge in [0.15, 0.2) is 23.3 Å². The molecule has 1 aromatic carbocycles. The van der Waals surface area contributed by atoms with Crippen molar-refractivity contribution >= 4 is 15.9 Å². The van der Waals surface area contributed by atoms with Crippen molar-refractivity contribution in [1.29, 1.82) is 0 Å². The van der Waals surface area contributed by atoms with E-state index in [9.17, 15) is 17.6 Å². The molecule has 14 heavy (non-hydrogen) atoms. The van der Waals surface area contributed by atoms with Gasteiger partial charge in [0.05, 0.1) is 16.6 Å². The highest BCUT2D eigenvalue weighted by atomic mass is 79.9. The van der Waals surface area contributed by atoms with Crippen LogP contribution >= 0.6 is 15.9 Å². The lowest BCUT2D eigenvalue weighted by Gasteiger charge is -2.05. The zero-order valence-electron chi connectivity index (χ0n) is 6.58. The largest absolute Gasteiger partial charge is 0.368 e. The van der Waals surface area contributed by atoms with Crippen LogP contribution in [-0.2, 0) is 4.74 Å². The van der Waals surface area contributed by atoms with Gasteiger partial charge in [0.1, 0.15) is 6.10 Å².